The Kier molecular flexibility index (Phi) is 7.49. The lowest BCUT2D eigenvalue weighted by molar-refractivity contribution is -0.115. The third kappa shape index (κ3) is 5.23. The van der Waals surface area contributed by atoms with Crippen LogP contribution >= 0.6 is 23.2 Å². The van der Waals surface area contributed by atoms with Crippen LogP contribution in [-0.2, 0) is 32.2 Å². The van der Waals surface area contributed by atoms with Crippen molar-refractivity contribution in [3.05, 3.63) is 69.3 Å². The van der Waals surface area contributed by atoms with E-state index in [-0.39, 0.29) is 18.2 Å². The number of carbonyl (C=O) groups excluding carboxylic acids is 1. The minimum atomic E-state index is -1.02. The highest BCUT2D eigenvalue weighted by molar-refractivity contribution is 7.85. The van der Waals surface area contributed by atoms with Crippen molar-refractivity contribution in [2.24, 2.45) is 0 Å². The SMILES string of the molecule is CCS(=O)c1ccc(CC(=O)Nc2cc(Cl)c(C3(c4noc(C5CCOCC5)n4)CC3)c(Cl)c2)cc1. The fourth-order valence-electron chi connectivity index (χ4n) is 4.67. The Morgan fingerprint density at radius 3 is 2.42 bits per heavy atom. The van der Waals surface area contributed by atoms with Crippen LogP contribution in [0, 0.1) is 0 Å². The third-order valence-electron chi connectivity index (χ3n) is 6.81. The molecule has 2 aromatic carbocycles. The molecule has 1 N–H and O–H groups in total. The zero-order valence-electron chi connectivity index (χ0n) is 19.9. The second-order valence-electron chi connectivity index (χ2n) is 9.24. The first-order valence-corrected chi connectivity index (χ1v) is 14.2. The molecule has 1 unspecified atom stereocenters. The molecule has 5 rings (SSSR count). The predicted octanol–water partition coefficient (Wildman–Crippen LogP) is 5.66. The molecule has 0 spiro atoms. The first-order chi connectivity index (χ1) is 17.4. The van der Waals surface area contributed by atoms with Crippen molar-refractivity contribution >= 4 is 45.6 Å². The highest BCUT2D eigenvalue weighted by atomic mass is 35.5. The fraction of sp³-hybridized carbons (Fsp3) is 0.423. The van der Waals surface area contributed by atoms with E-state index >= 15 is 0 Å². The normalized spacial score (nSPS) is 18.1. The zero-order chi connectivity index (χ0) is 25.3. The van der Waals surface area contributed by atoms with E-state index in [1.54, 1.807) is 24.3 Å². The maximum absolute atomic E-state index is 12.6. The number of anilines is 1. The molecule has 0 radical (unpaired) electrons. The van der Waals surface area contributed by atoms with Gasteiger partial charge in [0.2, 0.25) is 11.8 Å². The van der Waals surface area contributed by atoms with Crippen LogP contribution in [0.4, 0.5) is 5.69 Å². The van der Waals surface area contributed by atoms with Crippen molar-refractivity contribution in [3.8, 4) is 0 Å². The second-order valence-corrected chi connectivity index (χ2v) is 11.8. The summed E-state index contributed by atoms with van der Waals surface area (Å²) in [4.78, 5) is 18.1. The quantitative estimate of drug-likeness (QED) is 0.391. The summed E-state index contributed by atoms with van der Waals surface area (Å²) in [5.74, 6) is 1.83. The Morgan fingerprint density at radius 2 is 1.81 bits per heavy atom. The molecule has 1 amide bonds. The molecule has 36 heavy (non-hydrogen) atoms. The van der Waals surface area contributed by atoms with E-state index < -0.39 is 16.2 Å². The van der Waals surface area contributed by atoms with Gasteiger partial charge in [-0.25, -0.2) is 0 Å². The van der Waals surface area contributed by atoms with Gasteiger partial charge in [0, 0.05) is 51.1 Å². The van der Waals surface area contributed by atoms with Gasteiger partial charge >= 0.3 is 0 Å². The molecule has 1 aliphatic heterocycles. The lowest BCUT2D eigenvalue weighted by atomic mass is 9.94. The van der Waals surface area contributed by atoms with Crippen LogP contribution in [0.15, 0.2) is 45.8 Å². The average Bonchev–Trinajstić information content (AvgIpc) is 3.50. The summed E-state index contributed by atoms with van der Waals surface area (Å²) in [6.07, 6.45) is 3.56. The number of hydrogen-bond acceptors (Lipinski definition) is 6. The van der Waals surface area contributed by atoms with Crippen molar-refractivity contribution < 1.29 is 18.3 Å². The van der Waals surface area contributed by atoms with Crippen LogP contribution in [0.1, 0.15) is 61.4 Å². The van der Waals surface area contributed by atoms with Gasteiger partial charge in [-0.1, -0.05) is 47.4 Å². The lowest BCUT2D eigenvalue weighted by Crippen LogP contribution is -2.17. The van der Waals surface area contributed by atoms with Gasteiger partial charge in [-0.05, 0) is 55.5 Å². The average molecular weight is 548 g/mol. The number of ether oxygens (including phenoxy) is 1. The largest absolute Gasteiger partial charge is 0.381 e. The van der Waals surface area contributed by atoms with Gasteiger partial charge in [0.15, 0.2) is 5.82 Å². The van der Waals surface area contributed by atoms with Crippen LogP contribution in [0.25, 0.3) is 0 Å². The van der Waals surface area contributed by atoms with Gasteiger partial charge in [0.1, 0.15) is 0 Å². The van der Waals surface area contributed by atoms with E-state index in [9.17, 15) is 9.00 Å². The summed E-state index contributed by atoms with van der Waals surface area (Å²) in [6, 6.07) is 10.7. The van der Waals surface area contributed by atoms with Crippen molar-refractivity contribution in [3.63, 3.8) is 0 Å². The minimum absolute atomic E-state index is 0.178. The molecule has 1 aromatic heterocycles. The Hall–Kier alpha value is -2.26. The number of hydrogen-bond donors (Lipinski definition) is 1. The summed E-state index contributed by atoms with van der Waals surface area (Å²) in [6.45, 7) is 3.27. The molecule has 2 heterocycles. The van der Waals surface area contributed by atoms with Crippen LogP contribution in [0.2, 0.25) is 10.0 Å². The van der Waals surface area contributed by atoms with E-state index in [1.165, 1.54) is 0 Å². The zero-order valence-corrected chi connectivity index (χ0v) is 22.2. The minimum Gasteiger partial charge on any atom is -0.381 e. The maximum atomic E-state index is 12.6. The first-order valence-electron chi connectivity index (χ1n) is 12.1. The molecule has 1 atom stereocenters. The summed E-state index contributed by atoms with van der Waals surface area (Å²) in [5, 5.41) is 8.08. The van der Waals surface area contributed by atoms with E-state index in [0.717, 1.165) is 41.7 Å². The van der Waals surface area contributed by atoms with Crippen LogP contribution in [0.5, 0.6) is 0 Å². The Balaban J connectivity index is 1.29. The van der Waals surface area contributed by atoms with Gasteiger partial charge in [-0.3, -0.25) is 9.00 Å². The number of carbonyl (C=O) groups is 1. The monoisotopic (exact) mass is 547 g/mol. The van der Waals surface area contributed by atoms with Crippen molar-refractivity contribution in [1.82, 2.24) is 10.1 Å². The van der Waals surface area contributed by atoms with Crippen molar-refractivity contribution in [2.75, 3.05) is 24.3 Å². The summed E-state index contributed by atoms with van der Waals surface area (Å²) < 4.78 is 23.0. The second kappa shape index (κ2) is 10.6. The van der Waals surface area contributed by atoms with Crippen molar-refractivity contribution in [1.29, 1.82) is 0 Å². The molecule has 10 heteroatoms. The van der Waals surface area contributed by atoms with Gasteiger partial charge in [0.05, 0.1) is 22.6 Å². The number of amides is 1. The molecular weight excluding hydrogens is 521 g/mol. The molecule has 3 aromatic rings. The van der Waals surface area contributed by atoms with Gasteiger partial charge in [-0.15, -0.1) is 0 Å². The van der Waals surface area contributed by atoms with Gasteiger partial charge in [0.25, 0.3) is 0 Å². The molecular formula is C26H27Cl2N3O4S. The number of rotatable bonds is 8. The molecule has 7 nitrogen and oxygen atoms in total. The van der Waals surface area contributed by atoms with E-state index in [1.807, 2.05) is 19.1 Å². The number of aromatic nitrogens is 2. The number of nitrogens with one attached hydrogen (secondary N) is 1. The summed E-state index contributed by atoms with van der Waals surface area (Å²) in [7, 11) is -1.02. The third-order valence-corrected chi connectivity index (χ3v) is 8.73. The molecule has 2 fully saturated rings. The molecule has 1 saturated heterocycles. The van der Waals surface area contributed by atoms with E-state index in [2.05, 4.69) is 10.5 Å². The van der Waals surface area contributed by atoms with E-state index in [4.69, 9.17) is 37.4 Å². The Labute approximate surface area is 222 Å². The first kappa shape index (κ1) is 25.4. The molecule has 1 saturated carbocycles. The highest BCUT2D eigenvalue weighted by Gasteiger charge is 2.52. The van der Waals surface area contributed by atoms with E-state index in [0.29, 0.717) is 46.4 Å². The molecule has 0 bridgehead atoms. The van der Waals surface area contributed by atoms with Crippen LogP contribution in [-0.4, -0.2) is 39.2 Å². The summed E-state index contributed by atoms with van der Waals surface area (Å²) >= 11 is 13.4. The lowest BCUT2D eigenvalue weighted by Gasteiger charge is -2.18. The van der Waals surface area contributed by atoms with Gasteiger partial charge in [-0.2, -0.15) is 4.98 Å². The van der Waals surface area contributed by atoms with Crippen LogP contribution < -0.4 is 5.32 Å². The summed E-state index contributed by atoms with van der Waals surface area (Å²) in [5.41, 5.74) is 1.65. The highest BCUT2D eigenvalue weighted by Crippen LogP contribution is 2.57. The van der Waals surface area contributed by atoms with Crippen LogP contribution in [0.3, 0.4) is 0 Å². The standard InChI is InChI=1S/C26H27Cl2N3O4S/c1-2-36(33)19-5-3-16(4-6-19)13-22(32)29-18-14-20(27)23(21(28)15-18)26(9-10-26)25-30-24(35-31-25)17-7-11-34-12-8-17/h3-6,14-15,17H,2,7-13H2,1H3,(H,29,32). The fourth-order valence-corrected chi connectivity index (χ4v) is 6.29. The van der Waals surface area contributed by atoms with Gasteiger partial charge < -0.3 is 14.6 Å². The molecule has 1 aliphatic carbocycles. The Bertz CT molecular complexity index is 1260. The number of benzene rings is 2. The number of nitrogens with zero attached hydrogens (tertiary/aromatic N) is 2. The smallest absolute Gasteiger partial charge is 0.229 e. The number of halogens is 2. The molecule has 190 valence electrons. The molecule has 2 aliphatic rings. The maximum Gasteiger partial charge on any atom is 0.229 e. The Morgan fingerprint density at radius 1 is 1.14 bits per heavy atom. The van der Waals surface area contributed by atoms with Crippen molar-refractivity contribution in [2.45, 2.75) is 55.3 Å². The predicted molar refractivity (Wildman–Crippen MR) is 139 cm³/mol. The topological polar surface area (TPSA) is 94.3 Å².